The number of aryl methyl sites for hydroxylation is 1. The van der Waals surface area contributed by atoms with Crippen LogP contribution in [-0.2, 0) is 14.8 Å². The van der Waals surface area contributed by atoms with Crippen LogP contribution < -0.4 is 24.2 Å². The van der Waals surface area contributed by atoms with Gasteiger partial charge < -0.3 is 19.5 Å². The Morgan fingerprint density at radius 3 is 2.34 bits per heavy atom. The van der Waals surface area contributed by atoms with Crippen LogP contribution in [0, 0.1) is 6.92 Å². The smallest absolute Gasteiger partial charge is 0.261 e. The first-order chi connectivity index (χ1) is 16.7. The van der Waals surface area contributed by atoms with Crippen molar-refractivity contribution in [3.8, 4) is 17.2 Å². The standard InChI is InChI=1S/C26H30N2O6S/c1-5-33-21-12-10-20(11-13-21)28-35(30,31)22-14-15-24(18(2)16-22)34-17-26(29)27-19(3)23-8-6-7-9-25(23)32-4/h6-16,19,28H,5,17H2,1-4H3,(H,27,29). The number of sulfonamides is 1. The normalized spacial score (nSPS) is 11.9. The Balaban J connectivity index is 1.60. The highest BCUT2D eigenvalue weighted by Gasteiger charge is 2.17. The highest BCUT2D eigenvalue weighted by molar-refractivity contribution is 7.92. The van der Waals surface area contributed by atoms with Crippen LogP contribution in [0.4, 0.5) is 5.69 Å². The van der Waals surface area contributed by atoms with Crippen molar-refractivity contribution in [3.63, 3.8) is 0 Å². The van der Waals surface area contributed by atoms with E-state index in [1.807, 2.05) is 38.1 Å². The van der Waals surface area contributed by atoms with E-state index in [0.717, 1.165) is 5.56 Å². The van der Waals surface area contributed by atoms with E-state index < -0.39 is 10.0 Å². The minimum atomic E-state index is -3.80. The maximum Gasteiger partial charge on any atom is 0.261 e. The molecule has 1 atom stereocenters. The number of ether oxygens (including phenoxy) is 3. The molecule has 3 aromatic carbocycles. The summed E-state index contributed by atoms with van der Waals surface area (Å²) in [4.78, 5) is 12.5. The molecule has 3 aromatic rings. The summed E-state index contributed by atoms with van der Waals surface area (Å²) in [7, 11) is -2.22. The Kier molecular flexibility index (Phi) is 8.59. The first-order valence-corrected chi connectivity index (χ1v) is 12.6. The van der Waals surface area contributed by atoms with Gasteiger partial charge in [-0.25, -0.2) is 8.42 Å². The van der Waals surface area contributed by atoms with Crippen molar-refractivity contribution in [1.82, 2.24) is 5.32 Å². The van der Waals surface area contributed by atoms with Crippen LogP contribution in [0.5, 0.6) is 17.2 Å². The third kappa shape index (κ3) is 6.89. The van der Waals surface area contributed by atoms with Crippen molar-refractivity contribution in [2.75, 3.05) is 25.0 Å². The van der Waals surface area contributed by atoms with Gasteiger partial charge in [-0.15, -0.1) is 0 Å². The van der Waals surface area contributed by atoms with Crippen LogP contribution in [-0.4, -0.2) is 34.6 Å². The molecule has 8 nitrogen and oxygen atoms in total. The molecule has 9 heteroatoms. The molecule has 0 aliphatic rings. The summed E-state index contributed by atoms with van der Waals surface area (Å²) >= 11 is 0. The van der Waals surface area contributed by atoms with Crippen LogP contribution in [0.2, 0.25) is 0 Å². The van der Waals surface area contributed by atoms with Crippen LogP contribution >= 0.6 is 0 Å². The van der Waals surface area contributed by atoms with Gasteiger partial charge in [0.1, 0.15) is 17.2 Å². The molecular weight excluding hydrogens is 468 g/mol. The van der Waals surface area contributed by atoms with Gasteiger partial charge in [-0.05, 0) is 74.9 Å². The van der Waals surface area contributed by atoms with Gasteiger partial charge in [-0.3, -0.25) is 9.52 Å². The second kappa shape index (κ2) is 11.6. The van der Waals surface area contributed by atoms with Crippen molar-refractivity contribution in [2.45, 2.75) is 31.7 Å². The minimum Gasteiger partial charge on any atom is -0.496 e. The molecule has 2 N–H and O–H groups in total. The third-order valence-electron chi connectivity index (χ3n) is 5.22. The van der Waals surface area contributed by atoms with Crippen LogP contribution in [0.1, 0.15) is 31.0 Å². The Morgan fingerprint density at radius 2 is 1.69 bits per heavy atom. The summed E-state index contributed by atoms with van der Waals surface area (Å²) in [5.74, 6) is 1.46. The number of para-hydroxylation sites is 1. The Morgan fingerprint density at radius 1 is 0.971 bits per heavy atom. The molecule has 0 bridgehead atoms. The van der Waals surface area contributed by atoms with Gasteiger partial charge in [-0.2, -0.15) is 0 Å². The zero-order chi connectivity index (χ0) is 25.4. The van der Waals surface area contributed by atoms with Crippen LogP contribution in [0.3, 0.4) is 0 Å². The molecule has 1 unspecified atom stereocenters. The second-order valence-electron chi connectivity index (χ2n) is 7.81. The molecule has 0 fully saturated rings. The first-order valence-electron chi connectivity index (χ1n) is 11.1. The second-order valence-corrected chi connectivity index (χ2v) is 9.49. The summed E-state index contributed by atoms with van der Waals surface area (Å²) in [6.07, 6.45) is 0. The number of hydrogen-bond donors (Lipinski definition) is 2. The fourth-order valence-corrected chi connectivity index (χ4v) is 4.62. The third-order valence-corrected chi connectivity index (χ3v) is 6.59. The summed E-state index contributed by atoms with van der Waals surface area (Å²) in [6, 6.07) is 18.3. The van der Waals surface area contributed by atoms with Crippen LogP contribution in [0.25, 0.3) is 0 Å². The molecule has 0 spiro atoms. The molecule has 35 heavy (non-hydrogen) atoms. The zero-order valence-electron chi connectivity index (χ0n) is 20.2. The number of hydrogen-bond acceptors (Lipinski definition) is 6. The molecule has 0 saturated carbocycles. The van der Waals surface area contributed by atoms with Crippen LogP contribution in [0.15, 0.2) is 71.6 Å². The Hall–Kier alpha value is -3.72. The zero-order valence-corrected chi connectivity index (χ0v) is 21.0. The molecule has 3 rings (SSSR count). The van der Waals surface area contributed by atoms with E-state index in [9.17, 15) is 13.2 Å². The highest BCUT2D eigenvalue weighted by Crippen LogP contribution is 2.26. The minimum absolute atomic E-state index is 0.0884. The number of rotatable bonds is 11. The van der Waals surface area contributed by atoms with E-state index in [-0.39, 0.29) is 23.5 Å². The lowest BCUT2D eigenvalue weighted by Gasteiger charge is -2.18. The number of carbonyl (C=O) groups is 1. The number of nitrogens with one attached hydrogen (secondary N) is 2. The molecule has 0 aliphatic heterocycles. The van der Waals surface area contributed by atoms with Crippen molar-refractivity contribution in [1.29, 1.82) is 0 Å². The van der Waals surface area contributed by atoms with Gasteiger partial charge in [0.15, 0.2) is 6.61 Å². The van der Waals surface area contributed by atoms with Crippen molar-refractivity contribution >= 4 is 21.6 Å². The molecule has 0 aliphatic carbocycles. The molecule has 1 amide bonds. The lowest BCUT2D eigenvalue weighted by atomic mass is 10.1. The molecule has 0 aromatic heterocycles. The van der Waals surface area contributed by atoms with E-state index in [4.69, 9.17) is 14.2 Å². The lowest BCUT2D eigenvalue weighted by Crippen LogP contribution is -2.31. The Bertz CT molecular complexity index is 1260. The first kappa shape index (κ1) is 25.9. The molecule has 0 heterocycles. The quantitative estimate of drug-likeness (QED) is 0.405. The van der Waals surface area contributed by atoms with Gasteiger partial charge in [0.05, 0.1) is 24.7 Å². The molecule has 0 saturated heterocycles. The SMILES string of the molecule is CCOc1ccc(NS(=O)(=O)c2ccc(OCC(=O)NC(C)c3ccccc3OC)c(C)c2)cc1. The fraction of sp³-hybridized carbons (Fsp3) is 0.269. The maximum atomic E-state index is 12.8. The van der Waals surface area contributed by atoms with Crippen molar-refractivity contribution in [2.24, 2.45) is 0 Å². The van der Waals surface area contributed by atoms with E-state index in [1.54, 1.807) is 44.4 Å². The van der Waals surface area contributed by atoms with Gasteiger partial charge in [-0.1, -0.05) is 18.2 Å². The lowest BCUT2D eigenvalue weighted by molar-refractivity contribution is -0.123. The predicted octanol–water partition coefficient (Wildman–Crippen LogP) is 4.46. The van der Waals surface area contributed by atoms with Gasteiger partial charge in [0.2, 0.25) is 0 Å². The highest BCUT2D eigenvalue weighted by atomic mass is 32.2. The number of amides is 1. The predicted molar refractivity (Wildman–Crippen MR) is 135 cm³/mol. The summed E-state index contributed by atoms with van der Waals surface area (Å²) < 4.78 is 44.5. The summed E-state index contributed by atoms with van der Waals surface area (Å²) in [5, 5.41) is 2.88. The van der Waals surface area contributed by atoms with E-state index >= 15 is 0 Å². The molecule has 186 valence electrons. The molecular formula is C26H30N2O6S. The number of carbonyl (C=O) groups excluding carboxylic acids is 1. The monoisotopic (exact) mass is 498 g/mol. The van der Waals surface area contributed by atoms with Gasteiger partial charge in [0, 0.05) is 11.3 Å². The number of methoxy groups -OCH3 is 1. The topological polar surface area (TPSA) is 103 Å². The largest absolute Gasteiger partial charge is 0.496 e. The molecule has 0 radical (unpaired) electrons. The Labute approximate surface area is 206 Å². The fourth-order valence-electron chi connectivity index (χ4n) is 3.48. The maximum absolute atomic E-state index is 12.8. The number of anilines is 1. The summed E-state index contributed by atoms with van der Waals surface area (Å²) in [6.45, 7) is 5.78. The van der Waals surface area contributed by atoms with Gasteiger partial charge >= 0.3 is 0 Å². The number of benzene rings is 3. The van der Waals surface area contributed by atoms with E-state index in [1.165, 1.54) is 12.1 Å². The van der Waals surface area contributed by atoms with Crippen molar-refractivity contribution < 1.29 is 27.4 Å². The van der Waals surface area contributed by atoms with Crippen molar-refractivity contribution in [3.05, 3.63) is 77.9 Å². The van der Waals surface area contributed by atoms with E-state index in [0.29, 0.717) is 35.1 Å². The van der Waals surface area contributed by atoms with Gasteiger partial charge in [0.25, 0.3) is 15.9 Å². The average molecular weight is 499 g/mol. The van der Waals surface area contributed by atoms with E-state index in [2.05, 4.69) is 10.0 Å². The summed E-state index contributed by atoms with van der Waals surface area (Å²) in [5.41, 5.74) is 1.87. The average Bonchev–Trinajstić information content (AvgIpc) is 2.84.